The average Bonchev–Trinajstić information content (AvgIpc) is 3.26. The second kappa shape index (κ2) is 8.26. The summed E-state index contributed by atoms with van der Waals surface area (Å²) < 4.78 is 6.19. The largest absolute Gasteiger partial charge is 0.490 e. The standard InChI is InChI=1S/C26H26O/c1-20(21-10-8-9-11-21)27-25-18-16-24(17-19-25)26(22-12-4-2-5-13-22)23-14-6-3-7-15-23/h2-8,10,12-21,26H,9,11H2,1H3. The molecule has 0 aromatic heterocycles. The van der Waals surface area contributed by atoms with Crippen LogP contribution < -0.4 is 4.74 Å². The Morgan fingerprint density at radius 1 is 0.741 bits per heavy atom. The van der Waals surface area contributed by atoms with Gasteiger partial charge >= 0.3 is 0 Å². The molecule has 0 aliphatic heterocycles. The number of benzene rings is 3. The summed E-state index contributed by atoms with van der Waals surface area (Å²) in [5.74, 6) is 1.72. The highest BCUT2D eigenvalue weighted by atomic mass is 16.5. The molecule has 3 aromatic rings. The molecule has 2 atom stereocenters. The highest BCUT2D eigenvalue weighted by Gasteiger charge is 2.20. The molecule has 1 heteroatoms. The molecule has 2 unspecified atom stereocenters. The number of rotatable bonds is 6. The molecule has 0 fully saturated rings. The van der Waals surface area contributed by atoms with Gasteiger partial charge in [-0.2, -0.15) is 0 Å². The van der Waals surface area contributed by atoms with Gasteiger partial charge in [0.25, 0.3) is 0 Å². The van der Waals surface area contributed by atoms with Crippen LogP contribution in [0.25, 0.3) is 0 Å². The zero-order chi connectivity index (χ0) is 18.5. The minimum atomic E-state index is 0.216. The predicted octanol–water partition coefficient (Wildman–Crippen LogP) is 6.60. The number of ether oxygens (including phenoxy) is 1. The van der Waals surface area contributed by atoms with Crippen LogP contribution in [0.15, 0.2) is 97.1 Å². The van der Waals surface area contributed by atoms with E-state index >= 15 is 0 Å². The van der Waals surface area contributed by atoms with E-state index in [1.165, 1.54) is 29.5 Å². The third-order valence-corrected chi connectivity index (χ3v) is 5.45. The second-order valence-corrected chi connectivity index (χ2v) is 7.32. The molecule has 0 spiro atoms. The minimum absolute atomic E-state index is 0.216. The van der Waals surface area contributed by atoms with Gasteiger partial charge in [-0.05, 0) is 48.6 Å². The third kappa shape index (κ3) is 4.14. The first-order chi connectivity index (χ1) is 13.3. The predicted molar refractivity (Wildman–Crippen MR) is 112 cm³/mol. The lowest BCUT2D eigenvalue weighted by molar-refractivity contribution is 0.174. The Hall–Kier alpha value is -2.80. The van der Waals surface area contributed by atoms with Crippen LogP contribution in [-0.2, 0) is 0 Å². The highest BCUT2D eigenvalue weighted by molar-refractivity contribution is 5.44. The fourth-order valence-electron chi connectivity index (χ4n) is 3.96. The second-order valence-electron chi connectivity index (χ2n) is 7.32. The molecule has 0 saturated heterocycles. The van der Waals surface area contributed by atoms with Crippen LogP contribution in [0.2, 0.25) is 0 Å². The molecule has 3 aromatic carbocycles. The lowest BCUT2D eigenvalue weighted by atomic mass is 9.85. The zero-order valence-electron chi connectivity index (χ0n) is 15.8. The first-order valence-electron chi connectivity index (χ1n) is 9.84. The average molecular weight is 354 g/mol. The summed E-state index contributed by atoms with van der Waals surface area (Å²) in [7, 11) is 0. The van der Waals surface area contributed by atoms with E-state index in [0.717, 1.165) is 5.75 Å². The van der Waals surface area contributed by atoms with Crippen molar-refractivity contribution in [3.05, 3.63) is 114 Å². The van der Waals surface area contributed by atoms with Gasteiger partial charge in [0.15, 0.2) is 0 Å². The highest BCUT2D eigenvalue weighted by Crippen LogP contribution is 2.33. The van der Waals surface area contributed by atoms with Gasteiger partial charge in [-0.25, -0.2) is 0 Å². The molecule has 0 saturated carbocycles. The van der Waals surface area contributed by atoms with E-state index in [0.29, 0.717) is 5.92 Å². The summed E-state index contributed by atoms with van der Waals surface area (Å²) >= 11 is 0. The first-order valence-corrected chi connectivity index (χ1v) is 9.84. The Labute approximate surface area is 162 Å². The van der Waals surface area contributed by atoms with Crippen molar-refractivity contribution in [1.82, 2.24) is 0 Å². The Morgan fingerprint density at radius 3 is 1.81 bits per heavy atom. The quantitative estimate of drug-likeness (QED) is 0.358. The van der Waals surface area contributed by atoms with E-state index in [2.05, 4.69) is 104 Å². The van der Waals surface area contributed by atoms with Crippen LogP contribution in [0.1, 0.15) is 42.4 Å². The van der Waals surface area contributed by atoms with Crippen LogP contribution in [0, 0.1) is 5.92 Å². The number of hydrogen-bond donors (Lipinski definition) is 0. The van der Waals surface area contributed by atoms with Crippen LogP contribution in [0.4, 0.5) is 0 Å². The van der Waals surface area contributed by atoms with E-state index < -0.39 is 0 Å². The van der Waals surface area contributed by atoms with Crippen LogP contribution in [0.5, 0.6) is 5.75 Å². The Balaban J connectivity index is 1.58. The maximum absolute atomic E-state index is 6.19. The van der Waals surface area contributed by atoms with Gasteiger partial charge in [0.2, 0.25) is 0 Å². The fraction of sp³-hybridized carbons (Fsp3) is 0.231. The van der Waals surface area contributed by atoms with Gasteiger partial charge < -0.3 is 4.74 Å². The van der Waals surface area contributed by atoms with Crippen molar-refractivity contribution in [3.63, 3.8) is 0 Å². The first kappa shape index (κ1) is 17.6. The molecule has 0 heterocycles. The van der Waals surface area contributed by atoms with Crippen molar-refractivity contribution in [3.8, 4) is 5.75 Å². The minimum Gasteiger partial charge on any atom is -0.490 e. The van der Waals surface area contributed by atoms with Crippen molar-refractivity contribution in [2.45, 2.75) is 31.8 Å². The van der Waals surface area contributed by atoms with Crippen molar-refractivity contribution in [2.75, 3.05) is 0 Å². The molecule has 27 heavy (non-hydrogen) atoms. The van der Waals surface area contributed by atoms with E-state index in [1.807, 2.05) is 0 Å². The summed E-state index contributed by atoms with van der Waals surface area (Å²) in [5.41, 5.74) is 3.90. The lowest BCUT2D eigenvalue weighted by Gasteiger charge is -2.22. The molecule has 0 bridgehead atoms. The third-order valence-electron chi connectivity index (χ3n) is 5.45. The summed E-state index contributed by atoms with van der Waals surface area (Å²) in [6, 6.07) is 30.0. The molecule has 1 aliphatic rings. The van der Waals surface area contributed by atoms with Gasteiger partial charge in [0, 0.05) is 11.8 Å². The lowest BCUT2D eigenvalue weighted by Crippen LogP contribution is -2.20. The van der Waals surface area contributed by atoms with Gasteiger partial charge in [-0.15, -0.1) is 0 Å². The molecule has 0 radical (unpaired) electrons. The molecule has 4 rings (SSSR count). The van der Waals surface area contributed by atoms with Crippen molar-refractivity contribution in [2.24, 2.45) is 5.92 Å². The number of hydrogen-bond acceptors (Lipinski definition) is 1. The van der Waals surface area contributed by atoms with Gasteiger partial charge in [0.05, 0.1) is 0 Å². The SMILES string of the molecule is CC(Oc1ccc(C(c2ccccc2)c2ccccc2)cc1)C1C=CCC1. The summed E-state index contributed by atoms with van der Waals surface area (Å²) in [6.07, 6.45) is 7.14. The van der Waals surface area contributed by atoms with Crippen LogP contribution >= 0.6 is 0 Å². The molecule has 136 valence electrons. The van der Waals surface area contributed by atoms with Crippen LogP contribution in [0.3, 0.4) is 0 Å². The van der Waals surface area contributed by atoms with Gasteiger partial charge in [-0.3, -0.25) is 0 Å². The normalized spacial score (nSPS) is 17.2. The molecule has 0 N–H and O–H groups in total. The fourth-order valence-corrected chi connectivity index (χ4v) is 3.96. The maximum atomic E-state index is 6.19. The monoisotopic (exact) mass is 354 g/mol. The molecule has 1 nitrogen and oxygen atoms in total. The zero-order valence-corrected chi connectivity index (χ0v) is 15.8. The van der Waals surface area contributed by atoms with E-state index in [1.54, 1.807) is 0 Å². The Morgan fingerprint density at radius 2 is 1.30 bits per heavy atom. The molecular weight excluding hydrogens is 328 g/mol. The van der Waals surface area contributed by atoms with Gasteiger partial charge in [-0.1, -0.05) is 84.9 Å². The Kier molecular flexibility index (Phi) is 5.39. The Bertz CT molecular complexity index is 826. The van der Waals surface area contributed by atoms with E-state index in [9.17, 15) is 0 Å². The summed E-state index contributed by atoms with van der Waals surface area (Å²) in [6.45, 7) is 2.17. The summed E-state index contributed by atoms with van der Waals surface area (Å²) in [5, 5.41) is 0. The topological polar surface area (TPSA) is 9.23 Å². The van der Waals surface area contributed by atoms with Crippen molar-refractivity contribution < 1.29 is 4.74 Å². The number of allylic oxidation sites excluding steroid dienone is 1. The van der Waals surface area contributed by atoms with Crippen molar-refractivity contribution >= 4 is 0 Å². The smallest absolute Gasteiger partial charge is 0.119 e. The molecule has 0 amide bonds. The van der Waals surface area contributed by atoms with Crippen LogP contribution in [-0.4, -0.2) is 6.10 Å². The molecule has 1 aliphatic carbocycles. The molecular formula is C26H26O. The summed E-state index contributed by atoms with van der Waals surface area (Å²) in [4.78, 5) is 0. The van der Waals surface area contributed by atoms with E-state index in [-0.39, 0.29) is 12.0 Å². The maximum Gasteiger partial charge on any atom is 0.119 e. The van der Waals surface area contributed by atoms with Crippen molar-refractivity contribution in [1.29, 1.82) is 0 Å². The van der Waals surface area contributed by atoms with Gasteiger partial charge in [0.1, 0.15) is 11.9 Å². The van der Waals surface area contributed by atoms with E-state index in [4.69, 9.17) is 4.74 Å².